The molecule has 1 N–H and O–H groups in total. The van der Waals surface area contributed by atoms with Gasteiger partial charge in [-0.25, -0.2) is 0 Å². The van der Waals surface area contributed by atoms with Crippen molar-refractivity contribution in [3.8, 4) is 0 Å². The van der Waals surface area contributed by atoms with E-state index in [0.717, 1.165) is 19.3 Å². The molecule has 0 bridgehead atoms. The highest BCUT2D eigenvalue weighted by Gasteiger charge is 2.38. The quantitative estimate of drug-likeness (QED) is 0.813. The molecule has 0 aromatic rings. The van der Waals surface area contributed by atoms with Crippen LogP contribution in [0.4, 0.5) is 0 Å². The average Bonchev–Trinajstić information content (AvgIpc) is 2.72. The monoisotopic (exact) mass is 240 g/mol. The Bertz CT molecular complexity index is 294. The number of carbonyl (C=O) groups is 2. The van der Waals surface area contributed by atoms with Crippen LogP contribution in [0.5, 0.6) is 0 Å². The van der Waals surface area contributed by atoms with E-state index >= 15 is 0 Å². The number of nitrogens with one attached hydrogen (secondary N) is 1. The minimum atomic E-state index is -0.409. The van der Waals surface area contributed by atoms with Crippen LogP contribution in [0, 0.1) is 5.41 Å². The predicted molar refractivity (Wildman–Crippen MR) is 67.5 cm³/mol. The van der Waals surface area contributed by atoms with Gasteiger partial charge in [0.1, 0.15) is 6.04 Å². The van der Waals surface area contributed by atoms with Crippen molar-refractivity contribution in [1.82, 2.24) is 10.2 Å². The molecule has 1 saturated heterocycles. The Hall–Kier alpha value is -1.06. The summed E-state index contributed by atoms with van der Waals surface area (Å²) in [6, 6.07) is -0.256. The summed E-state index contributed by atoms with van der Waals surface area (Å²) in [5, 5.41) is 2.88. The SMILES string of the molecule is CCCNC(=O)C1CCCN1C(=O)C(C)(C)C. The van der Waals surface area contributed by atoms with Crippen LogP contribution < -0.4 is 5.32 Å². The normalized spacial score (nSPS) is 20.5. The Morgan fingerprint density at radius 3 is 2.53 bits per heavy atom. The number of nitrogens with zero attached hydrogens (tertiary/aromatic N) is 1. The van der Waals surface area contributed by atoms with Gasteiger partial charge in [0.25, 0.3) is 0 Å². The fourth-order valence-electron chi connectivity index (χ4n) is 2.08. The number of hydrogen-bond acceptors (Lipinski definition) is 2. The third kappa shape index (κ3) is 3.45. The fourth-order valence-corrected chi connectivity index (χ4v) is 2.08. The van der Waals surface area contributed by atoms with Crippen molar-refractivity contribution in [1.29, 1.82) is 0 Å². The average molecular weight is 240 g/mol. The predicted octanol–water partition coefficient (Wildman–Crippen LogP) is 1.55. The van der Waals surface area contributed by atoms with Crippen LogP contribution in [0.25, 0.3) is 0 Å². The second-order valence-corrected chi connectivity index (χ2v) is 5.70. The van der Waals surface area contributed by atoms with Gasteiger partial charge in [-0.2, -0.15) is 0 Å². The van der Waals surface area contributed by atoms with Crippen molar-refractivity contribution in [2.75, 3.05) is 13.1 Å². The van der Waals surface area contributed by atoms with Crippen LogP contribution in [-0.2, 0) is 9.59 Å². The Kier molecular flexibility index (Phi) is 4.54. The third-order valence-electron chi connectivity index (χ3n) is 3.01. The van der Waals surface area contributed by atoms with E-state index in [9.17, 15) is 9.59 Å². The highest BCUT2D eigenvalue weighted by atomic mass is 16.2. The minimum absolute atomic E-state index is 0.00181. The highest BCUT2D eigenvalue weighted by Crippen LogP contribution is 2.25. The highest BCUT2D eigenvalue weighted by molar-refractivity contribution is 5.90. The molecule has 1 aliphatic rings. The van der Waals surface area contributed by atoms with Gasteiger partial charge in [-0.05, 0) is 19.3 Å². The van der Waals surface area contributed by atoms with Gasteiger partial charge in [0, 0.05) is 18.5 Å². The largest absolute Gasteiger partial charge is 0.354 e. The van der Waals surface area contributed by atoms with Gasteiger partial charge < -0.3 is 10.2 Å². The second kappa shape index (κ2) is 5.52. The first-order valence-electron chi connectivity index (χ1n) is 6.46. The zero-order chi connectivity index (χ0) is 13.1. The number of amides is 2. The molecule has 0 aliphatic carbocycles. The van der Waals surface area contributed by atoms with Crippen LogP contribution in [0.15, 0.2) is 0 Å². The molecule has 4 heteroatoms. The van der Waals surface area contributed by atoms with Crippen LogP contribution in [-0.4, -0.2) is 35.8 Å². The van der Waals surface area contributed by atoms with Crippen molar-refractivity contribution < 1.29 is 9.59 Å². The van der Waals surface area contributed by atoms with E-state index in [1.54, 1.807) is 4.90 Å². The van der Waals surface area contributed by atoms with Gasteiger partial charge >= 0.3 is 0 Å². The first-order chi connectivity index (χ1) is 7.88. The smallest absolute Gasteiger partial charge is 0.242 e. The van der Waals surface area contributed by atoms with Gasteiger partial charge in [-0.3, -0.25) is 9.59 Å². The van der Waals surface area contributed by atoms with Crippen LogP contribution in [0.3, 0.4) is 0 Å². The maximum atomic E-state index is 12.2. The van der Waals surface area contributed by atoms with Crippen molar-refractivity contribution >= 4 is 11.8 Å². The summed E-state index contributed by atoms with van der Waals surface area (Å²) in [6.07, 6.45) is 2.63. The molecular formula is C13H24N2O2. The number of hydrogen-bond donors (Lipinski definition) is 1. The molecule has 0 spiro atoms. The lowest BCUT2D eigenvalue weighted by molar-refractivity contribution is -0.144. The molecule has 0 aromatic carbocycles. The first-order valence-corrected chi connectivity index (χ1v) is 6.46. The molecule has 17 heavy (non-hydrogen) atoms. The van der Waals surface area contributed by atoms with E-state index in [2.05, 4.69) is 5.32 Å². The summed E-state index contributed by atoms with van der Waals surface area (Å²) >= 11 is 0. The first kappa shape index (κ1) is 14.0. The number of rotatable bonds is 3. The molecule has 1 fully saturated rings. The molecule has 0 saturated carbocycles. The van der Waals surface area contributed by atoms with Gasteiger partial charge in [0.05, 0.1) is 0 Å². The summed E-state index contributed by atoms with van der Waals surface area (Å²) < 4.78 is 0. The van der Waals surface area contributed by atoms with E-state index in [0.29, 0.717) is 13.1 Å². The van der Waals surface area contributed by atoms with Crippen LogP contribution in [0.1, 0.15) is 47.0 Å². The maximum absolute atomic E-state index is 12.2. The van der Waals surface area contributed by atoms with E-state index in [1.165, 1.54) is 0 Å². The van der Waals surface area contributed by atoms with E-state index in [-0.39, 0.29) is 17.9 Å². The Morgan fingerprint density at radius 2 is 2.00 bits per heavy atom. The summed E-state index contributed by atoms with van der Waals surface area (Å²) in [6.45, 7) is 9.11. The zero-order valence-electron chi connectivity index (χ0n) is 11.4. The molecule has 2 amide bonds. The van der Waals surface area contributed by atoms with Crippen molar-refractivity contribution in [3.05, 3.63) is 0 Å². The zero-order valence-corrected chi connectivity index (χ0v) is 11.4. The molecular weight excluding hydrogens is 216 g/mol. The second-order valence-electron chi connectivity index (χ2n) is 5.70. The molecule has 1 unspecified atom stereocenters. The van der Waals surface area contributed by atoms with Crippen molar-refractivity contribution in [3.63, 3.8) is 0 Å². The van der Waals surface area contributed by atoms with Gasteiger partial charge in [-0.15, -0.1) is 0 Å². The van der Waals surface area contributed by atoms with E-state index < -0.39 is 5.41 Å². The fraction of sp³-hybridized carbons (Fsp3) is 0.846. The summed E-state index contributed by atoms with van der Waals surface area (Å²) in [5.41, 5.74) is -0.409. The van der Waals surface area contributed by atoms with Crippen molar-refractivity contribution in [2.24, 2.45) is 5.41 Å². The maximum Gasteiger partial charge on any atom is 0.242 e. The Labute approximate surface area is 104 Å². The minimum Gasteiger partial charge on any atom is -0.354 e. The molecule has 98 valence electrons. The standard InChI is InChI=1S/C13H24N2O2/c1-5-8-14-11(16)10-7-6-9-15(10)12(17)13(2,3)4/h10H,5-9H2,1-4H3,(H,14,16). The van der Waals surface area contributed by atoms with Crippen molar-refractivity contribution in [2.45, 2.75) is 53.0 Å². The summed E-state index contributed by atoms with van der Waals surface area (Å²) in [5.74, 6) is 0.0774. The van der Waals surface area contributed by atoms with Crippen LogP contribution in [0.2, 0.25) is 0 Å². The molecule has 1 rings (SSSR count). The lowest BCUT2D eigenvalue weighted by Gasteiger charge is -2.30. The molecule has 4 nitrogen and oxygen atoms in total. The molecule has 0 radical (unpaired) electrons. The molecule has 1 atom stereocenters. The van der Waals surface area contributed by atoms with Gasteiger partial charge in [-0.1, -0.05) is 27.7 Å². The third-order valence-corrected chi connectivity index (χ3v) is 3.01. The number of likely N-dealkylation sites (tertiary alicyclic amines) is 1. The summed E-state index contributed by atoms with van der Waals surface area (Å²) in [4.78, 5) is 25.9. The van der Waals surface area contributed by atoms with E-state index in [4.69, 9.17) is 0 Å². The van der Waals surface area contributed by atoms with E-state index in [1.807, 2.05) is 27.7 Å². The van der Waals surface area contributed by atoms with Gasteiger partial charge in [0.15, 0.2) is 0 Å². The molecule has 1 heterocycles. The Balaban J connectivity index is 2.66. The summed E-state index contributed by atoms with van der Waals surface area (Å²) in [7, 11) is 0. The molecule has 1 aliphatic heterocycles. The lowest BCUT2D eigenvalue weighted by Crippen LogP contribution is -2.49. The van der Waals surface area contributed by atoms with Crippen LogP contribution >= 0.6 is 0 Å². The lowest BCUT2D eigenvalue weighted by atomic mass is 9.94. The van der Waals surface area contributed by atoms with Gasteiger partial charge in [0.2, 0.25) is 11.8 Å². The Morgan fingerprint density at radius 1 is 1.35 bits per heavy atom. The number of carbonyl (C=O) groups excluding carboxylic acids is 2. The molecule has 0 aromatic heterocycles. The topological polar surface area (TPSA) is 49.4 Å².